The van der Waals surface area contributed by atoms with Gasteiger partial charge in [0, 0.05) is 6.42 Å². The molecule has 6 nitrogen and oxygen atoms in total. The number of fused-ring (bicyclic) bond motifs is 1. The number of aromatic nitrogens is 3. The quantitative estimate of drug-likeness (QED) is 0.662. The zero-order chi connectivity index (χ0) is 17.1. The van der Waals surface area contributed by atoms with Crippen LogP contribution in [0.4, 0.5) is 0 Å². The van der Waals surface area contributed by atoms with Gasteiger partial charge in [-0.15, -0.1) is 0 Å². The number of halogens is 1. The Kier molecular flexibility index (Phi) is 4.66. The predicted molar refractivity (Wildman–Crippen MR) is 90.6 cm³/mol. The maximum Gasteiger partial charge on any atom is 0.311 e. The summed E-state index contributed by atoms with van der Waals surface area (Å²) in [6.45, 7) is 2.26. The summed E-state index contributed by atoms with van der Waals surface area (Å²) in [6.07, 6.45) is 3.34. The highest BCUT2D eigenvalue weighted by Crippen LogP contribution is 2.31. The number of nitrogens with zero attached hydrogens (tertiary/aromatic N) is 3. The standard InChI is InChI=1S/C17H16ClN3O3/c1-3-15(22)24-14-9-19-17-13(16(14)18)8-20-21(17)10-11-4-6-12(23-2)7-5-11/h4-9H,3,10H2,1-2H3. The smallest absolute Gasteiger partial charge is 0.311 e. The SMILES string of the molecule is CCC(=O)Oc1cnc2c(cnn2Cc2ccc(OC)cc2)c1Cl. The molecule has 0 aliphatic rings. The van der Waals surface area contributed by atoms with Gasteiger partial charge < -0.3 is 9.47 Å². The molecule has 0 unspecified atom stereocenters. The summed E-state index contributed by atoms with van der Waals surface area (Å²) >= 11 is 6.31. The molecule has 0 aliphatic carbocycles. The molecule has 7 heteroatoms. The van der Waals surface area contributed by atoms with E-state index in [1.165, 1.54) is 6.20 Å². The first-order chi connectivity index (χ1) is 11.6. The second kappa shape index (κ2) is 6.88. The minimum absolute atomic E-state index is 0.250. The van der Waals surface area contributed by atoms with Crippen LogP contribution in [0.15, 0.2) is 36.7 Å². The lowest BCUT2D eigenvalue weighted by atomic mass is 10.2. The van der Waals surface area contributed by atoms with Crippen LogP contribution < -0.4 is 9.47 Å². The van der Waals surface area contributed by atoms with Gasteiger partial charge in [0.2, 0.25) is 0 Å². The summed E-state index contributed by atoms with van der Waals surface area (Å²) in [6, 6.07) is 7.71. The molecule has 3 aromatic rings. The van der Waals surface area contributed by atoms with E-state index in [-0.39, 0.29) is 18.1 Å². The van der Waals surface area contributed by atoms with Crippen molar-refractivity contribution in [1.82, 2.24) is 14.8 Å². The summed E-state index contributed by atoms with van der Waals surface area (Å²) < 4.78 is 12.1. The normalized spacial score (nSPS) is 10.8. The Labute approximate surface area is 144 Å². The van der Waals surface area contributed by atoms with E-state index < -0.39 is 0 Å². The van der Waals surface area contributed by atoms with E-state index in [9.17, 15) is 4.79 Å². The van der Waals surface area contributed by atoms with Gasteiger partial charge in [-0.3, -0.25) is 4.79 Å². The minimum Gasteiger partial charge on any atom is -0.497 e. The molecule has 1 aromatic carbocycles. The van der Waals surface area contributed by atoms with Crippen molar-refractivity contribution in [3.63, 3.8) is 0 Å². The third-order valence-corrected chi connectivity index (χ3v) is 3.96. The number of pyridine rings is 1. The minimum atomic E-state index is -0.358. The summed E-state index contributed by atoms with van der Waals surface area (Å²) in [5, 5.41) is 5.31. The van der Waals surface area contributed by atoms with E-state index in [0.717, 1.165) is 11.3 Å². The van der Waals surface area contributed by atoms with Gasteiger partial charge in [-0.1, -0.05) is 30.7 Å². The second-order valence-corrected chi connectivity index (χ2v) is 5.53. The van der Waals surface area contributed by atoms with Gasteiger partial charge in [-0.2, -0.15) is 5.10 Å². The summed E-state index contributed by atoms with van der Waals surface area (Å²) in [7, 11) is 1.63. The Hall–Kier alpha value is -2.60. The van der Waals surface area contributed by atoms with Crippen LogP contribution in [0, 0.1) is 0 Å². The number of ether oxygens (including phenoxy) is 2. The summed E-state index contributed by atoms with van der Waals surface area (Å²) in [5.74, 6) is 0.691. The third-order valence-electron chi connectivity index (χ3n) is 3.57. The molecule has 0 saturated heterocycles. The first kappa shape index (κ1) is 16.3. The number of benzene rings is 1. The Morgan fingerprint density at radius 3 is 2.67 bits per heavy atom. The van der Waals surface area contributed by atoms with Crippen LogP contribution >= 0.6 is 11.6 Å². The molecule has 0 amide bonds. The Morgan fingerprint density at radius 2 is 2.00 bits per heavy atom. The van der Waals surface area contributed by atoms with E-state index in [2.05, 4.69) is 10.1 Å². The van der Waals surface area contributed by atoms with E-state index in [1.807, 2.05) is 24.3 Å². The Morgan fingerprint density at radius 1 is 1.25 bits per heavy atom. The molecule has 0 radical (unpaired) electrons. The topological polar surface area (TPSA) is 66.2 Å². The van der Waals surface area contributed by atoms with Crippen molar-refractivity contribution in [3.8, 4) is 11.5 Å². The van der Waals surface area contributed by atoms with Crippen molar-refractivity contribution < 1.29 is 14.3 Å². The van der Waals surface area contributed by atoms with Crippen LogP contribution in [0.2, 0.25) is 5.02 Å². The first-order valence-electron chi connectivity index (χ1n) is 7.46. The average molecular weight is 346 g/mol. The van der Waals surface area contributed by atoms with Crippen molar-refractivity contribution in [2.24, 2.45) is 0 Å². The molecule has 3 rings (SSSR count). The van der Waals surface area contributed by atoms with Crippen LogP contribution in [0.3, 0.4) is 0 Å². The lowest BCUT2D eigenvalue weighted by molar-refractivity contribution is -0.134. The highest BCUT2D eigenvalue weighted by atomic mass is 35.5. The largest absolute Gasteiger partial charge is 0.497 e. The fraction of sp³-hybridized carbons (Fsp3) is 0.235. The molecule has 0 spiro atoms. The van der Waals surface area contributed by atoms with Crippen molar-refractivity contribution in [2.75, 3.05) is 7.11 Å². The Balaban J connectivity index is 1.90. The molecule has 0 N–H and O–H groups in total. The van der Waals surface area contributed by atoms with Gasteiger partial charge in [0.15, 0.2) is 11.4 Å². The second-order valence-electron chi connectivity index (χ2n) is 5.15. The lowest BCUT2D eigenvalue weighted by Crippen LogP contribution is -2.07. The molecule has 0 saturated carbocycles. The molecule has 0 fully saturated rings. The molecule has 2 aromatic heterocycles. The maximum atomic E-state index is 11.4. The molecule has 0 aliphatic heterocycles. The molecule has 2 heterocycles. The fourth-order valence-electron chi connectivity index (χ4n) is 2.26. The molecule has 0 atom stereocenters. The number of methoxy groups -OCH3 is 1. The third kappa shape index (κ3) is 3.19. The monoisotopic (exact) mass is 345 g/mol. The Bertz CT molecular complexity index is 875. The van der Waals surface area contributed by atoms with Crippen LogP contribution in [-0.2, 0) is 11.3 Å². The molecule has 124 valence electrons. The lowest BCUT2D eigenvalue weighted by Gasteiger charge is -2.07. The van der Waals surface area contributed by atoms with Gasteiger partial charge >= 0.3 is 5.97 Å². The van der Waals surface area contributed by atoms with Gasteiger partial charge in [0.25, 0.3) is 0 Å². The van der Waals surface area contributed by atoms with E-state index in [1.54, 1.807) is 24.9 Å². The number of hydrogen-bond donors (Lipinski definition) is 0. The van der Waals surface area contributed by atoms with Crippen molar-refractivity contribution in [1.29, 1.82) is 0 Å². The highest BCUT2D eigenvalue weighted by molar-refractivity contribution is 6.36. The van der Waals surface area contributed by atoms with Crippen LogP contribution in [0.25, 0.3) is 11.0 Å². The van der Waals surface area contributed by atoms with Crippen LogP contribution in [0.5, 0.6) is 11.5 Å². The fourth-order valence-corrected chi connectivity index (χ4v) is 2.49. The molecule has 0 bridgehead atoms. The zero-order valence-corrected chi connectivity index (χ0v) is 14.1. The number of esters is 1. The van der Waals surface area contributed by atoms with E-state index in [0.29, 0.717) is 22.6 Å². The first-order valence-corrected chi connectivity index (χ1v) is 7.83. The zero-order valence-electron chi connectivity index (χ0n) is 13.3. The van der Waals surface area contributed by atoms with Crippen LogP contribution in [-0.4, -0.2) is 27.8 Å². The number of carbonyl (C=O) groups is 1. The molecular weight excluding hydrogens is 330 g/mol. The molecule has 24 heavy (non-hydrogen) atoms. The van der Waals surface area contributed by atoms with Crippen LogP contribution in [0.1, 0.15) is 18.9 Å². The summed E-state index contributed by atoms with van der Waals surface area (Å²) in [4.78, 5) is 15.8. The average Bonchev–Trinajstić information content (AvgIpc) is 3.01. The van der Waals surface area contributed by atoms with Crippen molar-refractivity contribution >= 4 is 28.6 Å². The maximum absolute atomic E-state index is 11.4. The van der Waals surface area contributed by atoms with Gasteiger partial charge in [0.05, 0.1) is 36.5 Å². The summed E-state index contributed by atoms with van der Waals surface area (Å²) in [5.41, 5.74) is 1.69. The number of hydrogen-bond acceptors (Lipinski definition) is 5. The van der Waals surface area contributed by atoms with Gasteiger partial charge in [-0.25, -0.2) is 9.67 Å². The number of rotatable bonds is 5. The van der Waals surface area contributed by atoms with Gasteiger partial charge in [-0.05, 0) is 17.7 Å². The molecular formula is C17H16ClN3O3. The van der Waals surface area contributed by atoms with Crippen molar-refractivity contribution in [3.05, 3.63) is 47.2 Å². The van der Waals surface area contributed by atoms with Gasteiger partial charge in [0.1, 0.15) is 5.75 Å². The highest BCUT2D eigenvalue weighted by Gasteiger charge is 2.15. The number of carbonyl (C=O) groups excluding carboxylic acids is 1. The van der Waals surface area contributed by atoms with E-state index >= 15 is 0 Å². The van der Waals surface area contributed by atoms with E-state index in [4.69, 9.17) is 21.1 Å². The van der Waals surface area contributed by atoms with Crippen molar-refractivity contribution in [2.45, 2.75) is 19.9 Å². The predicted octanol–water partition coefficient (Wildman–Crippen LogP) is 3.46.